The van der Waals surface area contributed by atoms with Gasteiger partial charge >= 0.3 is 5.97 Å². The number of likely N-dealkylation sites (tertiary alicyclic amines) is 1. The minimum Gasteiger partial charge on any atom is -0.466 e. The van der Waals surface area contributed by atoms with Crippen LogP contribution in [-0.2, 0) is 29.2 Å². The van der Waals surface area contributed by atoms with Crippen LogP contribution < -0.4 is 11.1 Å². The number of esters is 1. The van der Waals surface area contributed by atoms with Crippen molar-refractivity contribution in [1.82, 2.24) is 15.1 Å². The molecule has 48 heavy (non-hydrogen) atoms. The molecule has 1 unspecified atom stereocenters. The van der Waals surface area contributed by atoms with Gasteiger partial charge in [0.1, 0.15) is 0 Å². The van der Waals surface area contributed by atoms with E-state index in [1.165, 1.54) is 24.8 Å². The Morgan fingerprint density at radius 2 is 1.81 bits per heavy atom. The molecular formula is C36H49N5O7. The third-order valence-electron chi connectivity index (χ3n) is 9.29. The van der Waals surface area contributed by atoms with Gasteiger partial charge in [0.05, 0.1) is 54.7 Å². The lowest BCUT2D eigenvalue weighted by Gasteiger charge is -2.42. The molecule has 1 atom stereocenters. The molecule has 12 heteroatoms. The van der Waals surface area contributed by atoms with Crippen LogP contribution in [0.5, 0.6) is 0 Å². The van der Waals surface area contributed by atoms with E-state index in [1.807, 2.05) is 19.9 Å². The molecule has 260 valence electrons. The molecule has 0 aromatic heterocycles. The van der Waals surface area contributed by atoms with E-state index < -0.39 is 16.8 Å². The van der Waals surface area contributed by atoms with E-state index in [-0.39, 0.29) is 17.7 Å². The summed E-state index contributed by atoms with van der Waals surface area (Å²) in [6.07, 6.45) is 3.89. The van der Waals surface area contributed by atoms with Gasteiger partial charge in [0.25, 0.3) is 5.69 Å². The first-order chi connectivity index (χ1) is 23.3. The van der Waals surface area contributed by atoms with Crippen molar-refractivity contribution >= 4 is 18.1 Å². The van der Waals surface area contributed by atoms with Crippen LogP contribution in [0, 0.1) is 10.1 Å². The fourth-order valence-corrected chi connectivity index (χ4v) is 6.75. The van der Waals surface area contributed by atoms with Gasteiger partial charge in [0.15, 0.2) is 0 Å². The number of piperidine rings is 1. The summed E-state index contributed by atoms with van der Waals surface area (Å²) in [4.78, 5) is 41.2. The zero-order valence-corrected chi connectivity index (χ0v) is 28.3. The first kappa shape index (κ1) is 36.7. The summed E-state index contributed by atoms with van der Waals surface area (Å²) in [5.74, 6) is -1.27. The highest BCUT2D eigenvalue weighted by molar-refractivity contribution is 5.92. The minimum atomic E-state index is -0.726. The molecule has 3 N–H and O–H groups in total. The van der Waals surface area contributed by atoms with E-state index in [0.717, 1.165) is 38.9 Å². The normalized spacial score (nSPS) is 18.0. The van der Waals surface area contributed by atoms with Crippen molar-refractivity contribution in [3.05, 3.63) is 98.5 Å². The molecule has 2 aromatic carbocycles. The molecule has 1 amide bonds. The summed E-state index contributed by atoms with van der Waals surface area (Å²) < 4.78 is 17.0. The number of rotatable bonds is 18. The van der Waals surface area contributed by atoms with Crippen molar-refractivity contribution in [2.75, 3.05) is 66.3 Å². The Hall–Kier alpha value is -4.10. The van der Waals surface area contributed by atoms with E-state index in [2.05, 4.69) is 34.5 Å². The highest BCUT2D eigenvalue weighted by Gasteiger charge is 2.39. The second-order valence-corrected chi connectivity index (χ2v) is 12.1. The Bertz CT molecular complexity index is 1440. The quantitative estimate of drug-likeness (QED) is 0.0781. The maximum atomic E-state index is 13.3. The summed E-state index contributed by atoms with van der Waals surface area (Å²) in [6, 6.07) is 16.7. The maximum absolute atomic E-state index is 13.3. The Kier molecular flexibility index (Phi) is 13.7. The summed E-state index contributed by atoms with van der Waals surface area (Å²) in [6.45, 7) is 9.06. The Balaban J connectivity index is 1.59. The molecule has 2 aliphatic heterocycles. The molecule has 0 aliphatic carbocycles. The maximum Gasteiger partial charge on any atom is 0.336 e. The largest absolute Gasteiger partial charge is 0.466 e. The molecule has 0 spiro atoms. The lowest BCUT2D eigenvalue weighted by molar-refractivity contribution is -0.384. The van der Waals surface area contributed by atoms with Crippen molar-refractivity contribution in [2.24, 2.45) is 5.73 Å². The number of non-ortho nitro benzene ring substituents is 1. The Morgan fingerprint density at radius 1 is 1.10 bits per heavy atom. The van der Waals surface area contributed by atoms with Crippen LogP contribution in [-0.4, -0.2) is 93.4 Å². The van der Waals surface area contributed by atoms with Crippen molar-refractivity contribution in [3.8, 4) is 0 Å². The first-order valence-corrected chi connectivity index (χ1v) is 16.7. The number of nitrogens with two attached hydrogens (primary N) is 1. The van der Waals surface area contributed by atoms with Crippen LogP contribution >= 0.6 is 0 Å². The van der Waals surface area contributed by atoms with Crippen LogP contribution in [0.4, 0.5) is 5.69 Å². The number of nitro groups is 1. The van der Waals surface area contributed by atoms with Gasteiger partial charge in [-0.3, -0.25) is 14.9 Å². The van der Waals surface area contributed by atoms with Crippen molar-refractivity contribution < 1.29 is 28.7 Å². The van der Waals surface area contributed by atoms with Crippen molar-refractivity contribution in [2.45, 2.75) is 50.9 Å². The predicted octanol–water partition coefficient (Wildman–Crippen LogP) is 4.22. The van der Waals surface area contributed by atoms with E-state index in [4.69, 9.17) is 19.9 Å². The summed E-state index contributed by atoms with van der Waals surface area (Å²) in [5, 5.41) is 14.8. The highest BCUT2D eigenvalue weighted by atomic mass is 16.6. The second kappa shape index (κ2) is 17.9. The molecule has 0 radical (unpaired) electrons. The zero-order valence-electron chi connectivity index (χ0n) is 28.3. The average molecular weight is 664 g/mol. The summed E-state index contributed by atoms with van der Waals surface area (Å²) in [5.41, 5.74) is 9.69. The smallest absolute Gasteiger partial charge is 0.336 e. The standard InChI is InChI=1S/C36H49N5O7/c1-4-30-33(35(43)46-3)32(27-12-14-29(15-13-27)41(44)45)34(31(38-30)24-48-23-18-37)40(26-42)20-9-19-39-21-16-36(17-22-39,25-47-5-2)28-10-7-6-8-11-28/h6-8,10-15,26,32,38H,4-5,9,16-25,37H2,1-3H3. The Labute approximate surface area is 283 Å². The van der Waals surface area contributed by atoms with Crippen molar-refractivity contribution in [3.63, 3.8) is 0 Å². The van der Waals surface area contributed by atoms with Crippen LogP contribution in [0.15, 0.2) is 77.3 Å². The third kappa shape index (κ3) is 8.67. The Morgan fingerprint density at radius 3 is 2.40 bits per heavy atom. The molecule has 4 rings (SSSR count). The fourth-order valence-electron chi connectivity index (χ4n) is 6.75. The van der Waals surface area contributed by atoms with Gasteiger partial charge in [-0.1, -0.05) is 49.4 Å². The van der Waals surface area contributed by atoms with Crippen LogP contribution in [0.2, 0.25) is 0 Å². The molecule has 12 nitrogen and oxygen atoms in total. The number of methoxy groups -OCH3 is 1. The van der Waals surface area contributed by atoms with Gasteiger partial charge < -0.3 is 35.1 Å². The molecule has 0 bridgehead atoms. The number of hydrogen-bond acceptors (Lipinski definition) is 10. The topological polar surface area (TPSA) is 150 Å². The van der Waals surface area contributed by atoms with Gasteiger partial charge in [-0.05, 0) is 63.4 Å². The van der Waals surface area contributed by atoms with Gasteiger partial charge in [-0.25, -0.2) is 4.79 Å². The number of ether oxygens (including phenoxy) is 3. The molecule has 1 saturated heterocycles. The highest BCUT2D eigenvalue weighted by Crippen LogP contribution is 2.41. The average Bonchev–Trinajstić information content (AvgIpc) is 3.13. The van der Waals surface area contributed by atoms with Crippen molar-refractivity contribution in [1.29, 1.82) is 0 Å². The zero-order chi connectivity index (χ0) is 34.5. The number of nitro benzene ring substituents is 1. The molecule has 2 aromatic rings. The molecule has 1 fully saturated rings. The number of carbonyl (C=O) groups is 2. The van der Waals surface area contributed by atoms with E-state index in [0.29, 0.717) is 74.0 Å². The molecule has 0 saturated carbocycles. The third-order valence-corrected chi connectivity index (χ3v) is 9.29. The van der Waals surface area contributed by atoms with E-state index in [9.17, 15) is 19.7 Å². The van der Waals surface area contributed by atoms with Crippen LogP contribution in [0.3, 0.4) is 0 Å². The van der Waals surface area contributed by atoms with Crippen LogP contribution in [0.1, 0.15) is 56.6 Å². The van der Waals surface area contributed by atoms with Gasteiger partial charge in [-0.15, -0.1) is 0 Å². The lowest BCUT2D eigenvalue weighted by Crippen LogP contribution is -2.46. The number of dihydropyridines is 1. The number of nitrogens with one attached hydrogen (secondary N) is 1. The lowest BCUT2D eigenvalue weighted by atomic mass is 9.73. The predicted molar refractivity (Wildman–Crippen MR) is 183 cm³/mol. The number of nitrogens with zero attached hydrogens (tertiary/aromatic N) is 3. The second-order valence-electron chi connectivity index (χ2n) is 12.1. The van der Waals surface area contributed by atoms with Gasteiger partial charge in [0, 0.05) is 42.9 Å². The first-order valence-electron chi connectivity index (χ1n) is 16.7. The number of carbonyl (C=O) groups excluding carboxylic acids is 2. The minimum absolute atomic E-state index is 0.0226. The number of allylic oxidation sites excluding steroid dienone is 2. The van der Waals surface area contributed by atoms with Crippen LogP contribution in [0.25, 0.3) is 0 Å². The van der Waals surface area contributed by atoms with E-state index in [1.54, 1.807) is 17.0 Å². The number of benzene rings is 2. The SMILES string of the molecule is CCOCC1(c2ccccc2)CCN(CCCN(C=O)C2=C(COCCN)NC(CC)=C(C(=O)OC)C2c2ccc([N+](=O)[O-])cc2)CC1. The van der Waals surface area contributed by atoms with Gasteiger partial charge in [-0.2, -0.15) is 0 Å². The molecule has 2 aliphatic rings. The fraction of sp³-hybridized carbons (Fsp3) is 0.500. The summed E-state index contributed by atoms with van der Waals surface area (Å²) in [7, 11) is 1.32. The number of hydrogen-bond donors (Lipinski definition) is 2. The van der Waals surface area contributed by atoms with E-state index >= 15 is 0 Å². The molecule has 2 heterocycles. The summed E-state index contributed by atoms with van der Waals surface area (Å²) >= 11 is 0. The molecular weight excluding hydrogens is 614 g/mol. The monoisotopic (exact) mass is 663 g/mol. The van der Waals surface area contributed by atoms with Gasteiger partial charge in [0.2, 0.25) is 6.41 Å². The number of amides is 1.